The van der Waals surface area contributed by atoms with Crippen molar-refractivity contribution < 1.29 is 33.3 Å². The highest BCUT2D eigenvalue weighted by Crippen LogP contribution is 2.03. The molecule has 0 spiro atoms. The third-order valence-corrected chi connectivity index (χ3v) is 4.74. The van der Waals surface area contributed by atoms with Gasteiger partial charge < -0.3 is 33.3 Å². The number of hydrogen-bond acceptors (Lipinski definition) is 8. The van der Waals surface area contributed by atoms with Gasteiger partial charge in [0.2, 0.25) is 0 Å². The molecule has 0 saturated carbocycles. The van der Waals surface area contributed by atoms with Crippen LogP contribution in [0.3, 0.4) is 0 Å². The van der Waals surface area contributed by atoms with E-state index in [1.165, 1.54) is 0 Å². The highest BCUT2D eigenvalue weighted by Gasteiger charge is 2.06. The van der Waals surface area contributed by atoms with E-state index in [0.717, 1.165) is 45.3 Å². The lowest BCUT2D eigenvalue weighted by molar-refractivity contribution is -0.118. The van der Waals surface area contributed by atoms with E-state index in [1.54, 1.807) is 13.8 Å². The van der Waals surface area contributed by atoms with Crippen LogP contribution in [0.15, 0.2) is 0 Å². The summed E-state index contributed by atoms with van der Waals surface area (Å²) in [6.45, 7) is 13.9. The van der Waals surface area contributed by atoms with E-state index in [0.29, 0.717) is 78.9 Å². The molecular formula is C24H47NO7. The molecule has 8 nitrogen and oxygen atoms in total. The molecule has 0 aliphatic carbocycles. The summed E-state index contributed by atoms with van der Waals surface area (Å²) in [5.41, 5.74) is 0. The monoisotopic (exact) mass is 461 g/mol. The molecule has 0 aromatic heterocycles. The van der Waals surface area contributed by atoms with Crippen LogP contribution in [0.1, 0.15) is 59.3 Å². The molecule has 0 bridgehead atoms. The maximum absolute atomic E-state index is 11.1. The topological polar surface area (TPSA) is 83.5 Å². The molecule has 0 amide bonds. The average Bonchev–Trinajstić information content (AvgIpc) is 2.75. The highest BCUT2D eigenvalue weighted by molar-refractivity contribution is 5.75. The summed E-state index contributed by atoms with van der Waals surface area (Å²) in [6.07, 6.45) is 5.09. The van der Waals surface area contributed by atoms with Crippen molar-refractivity contribution in [3.63, 3.8) is 0 Å². The molecule has 0 aliphatic rings. The fourth-order valence-corrected chi connectivity index (χ4v) is 2.94. The molecule has 190 valence electrons. The fourth-order valence-electron chi connectivity index (χ4n) is 2.94. The molecule has 0 aromatic rings. The van der Waals surface area contributed by atoms with Crippen LogP contribution in [0.4, 0.5) is 0 Å². The molecule has 0 rings (SSSR count). The molecule has 0 saturated heterocycles. The van der Waals surface area contributed by atoms with Crippen LogP contribution in [0.5, 0.6) is 0 Å². The van der Waals surface area contributed by atoms with Gasteiger partial charge in [-0.15, -0.1) is 0 Å². The minimum atomic E-state index is 0.205. The Bertz CT molecular complexity index is 435. The van der Waals surface area contributed by atoms with E-state index >= 15 is 0 Å². The Morgan fingerprint density at radius 3 is 1.53 bits per heavy atom. The summed E-state index contributed by atoms with van der Waals surface area (Å²) in [7, 11) is 0. The summed E-state index contributed by atoms with van der Waals surface area (Å²) in [4.78, 5) is 24.4. The second kappa shape index (κ2) is 24.7. The maximum atomic E-state index is 11.1. The van der Waals surface area contributed by atoms with Gasteiger partial charge in [-0.25, -0.2) is 0 Å². The lowest BCUT2D eigenvalue weighted by Gasteiger charge is -2.22. The minimum absolute atomic E-state index is 0.205. The molecular weight excluding hydrogens is 414 g/mol. The second-order valence-corrected chi connectivity index (χ2v) is 7.81. The minimum Gasteiger partial charge on any atom is -0.380 e. The van der Waals surface area contributed by atoms with Gasteiger partial charge in [-0.2, -0.15) is 0 Å². The summed E-state index contributed by atoms with van der Waals surface area (Å²) >= 11 is 0. The Morgan fingerprint density at radius 2 is 1.00 bits per heavy atom. The van der Waals surface area contributed by atoms with Crippen LogP contribution in [0, 0.1) is 0 Å². The van der Waals surface area contributed by atoms with Crippen molar-refractivity contribution in [1.29, 1.82) is 0 Å². The average molecular weight is 462 g/mol. The summed E-state index contributed by atoms with van der Waals surface area (Å²) < 4.78 is 27.5. The summed E-state index contributed by atoms with van der Waals surface area (Å²) in [5, 5.41) is 0. The number of nitrogens with zero attached hydrogens (tertiary/aromatic N) is 1. The highest BCUT2D eigenvalue weighted by atomic mass is 16.6. The van der Waals surface area contributed by atoms with Gasteiger partial charge in [-0.1, -0.05) is 6.42 Å². The zero-order valence-corrected chi connectivity index (χ0v) is 20.7. The standard InChI is InChI=1S/C24H47NO7/c1-4-28-17-18-31-21-22-32-20-19-30-16-13-25(11-7-5-6-9-23(2)26)12-15-29-14-8-10-24(3)27/h4-22H2,1-3H3. The summed E-state index contributed by atoms with van der Waals surface area (Å²) in [5.74, 6) is 0.463. The van der Waals surface area contributed by atoms with Gasteiger partial charge in [0.05, 0.1) is 52.9 Å². The maximum Gasteiger partial charge on any atom is 0.129 e. The predicted octanol–water partition coefficient (Wildman–Crippen LogP) is 2.91. The van der Waals surface area contributed by atoms with E-state index in [1.807, 2.05) is 6.92 Å². The van der Waals surface area contributed by atoms with Crippen molar-refractivity contribution in [2.24, 2.45) is 0 Å². The van der Waals surface area contributed by atoms with E-state index < -0.39 is 0 Å². The van der Waals surface area contributed by atoms with Gasteiger partial charge >= 0.3 is 0 Å². The smallest absolute Gasteiger partial charge is 0.129 e. The largest absolute Gasteiger partial charge is 0.380 e. The SMILES string of the molecule is CCOCCOCCOCCOCCN(CCCCCC(C)=O)CCOCCCC(C)=O. The fraction of sp³-hybridized carbons (Fsp3) is 0.917. The Balaban J connectivity index is 3.80. The molecule has 0 aromatic carbocycles. The molecule has 32 heavy (non-hydrogen) atoms. The van der Waals surface area contributed by atoms with Gasteiger partial charge in [0.15, 0.2) is 0 Å². The second-order valence-electron chi connectivity index (χ2n) is 7.81. The van der Waals surface area contributed by atoms with E-state index in [9.17, 15) is 9.59 Å². The van der Waals surface area contributed by atoms with Gasteiger partial charge in [0.1, 0.15) is 11.6 Å². The van der Waals surface area contributed by atoms with Gasteiger partial charge in [-0.05, 0) is 46.6 Å². The molecule has 0 atom stereocenters. The first kappa shape index (κ1) is 31.1. The van der Waals surface area contributed by atoms with Gasteiger partial charge in [-0.3, -0.25) is 4.90 Å². The predicted molar refractivity (Wildman–Crippen MR) is 125 cm³/mol. The number of hydrogen-bond donors (Lipinski definition) is 0. The van der Waals surface area contributed by atoms with E-state index in [2.05, 4.69) is 4.90 Å². The van der Waals surface area contributed by atoms with Crippen molar-refractivity contribution in [3.8, 4) is 0 Å². The van der Waals surface area contributed by atoms with Crippen LogP contribution >= 0.6 is 0 Å². The Labute approximate surface area is 195 Å². The van der Waals surface area contributed by atoms with Gasteiger partial charge in [0.25, 0.3) is 0 Å². The number of ketones is 2. The van der Waals surface area contributed by atoms with Crippen LogP contribution in [0.2, 0.25) is 0 Å². The normalized spacial score (nSPS) is 11.4. The van der Waals surface area contributed by atoms with Crippen molar-refractivity contribution >= 4 is 11.6 Å². The Morgan fingerprint density at radius 1 is 0.531 bits per heavy atom. The number of carbonyl (C=O) groups is 2. The first-order valence-corrected chi connectivity index (χ1v) is 12.2. The number of ether oxygens (including phenoxy) is 5. The molecule has 0 aliphatic heterocycles. The van der Waals surface area contributed by atoms with Gasteiger partial charge in [0, 0.05) is 39.1 Å². The zero-order chi connectivity index (χ0) is 23.7. The number of rotatable bonds is 26. The molecule has 8 heteroatoms. The first-order valence-electron chi connectivity index (χ1n) is 12.2. The van der Waals surface area contributed by atoms with Crippen molar-refractivity contribution in [3.05, 3.63) is 0 Å². The Hall–Kier alpha value is -0.900. The zero-order valence-electron chi connectivity index (χ0n) is 20.7. The van der Waals surface area contributed by atoms with Crippen molar-refractivity contribution in [2.45, 2.75) is 59.3 Å². The number of carbonyl (C=O) groups excluding carboxylic acids is 2. The lowest BCUT2D eigenvalue weighted by atomic mass is 10.1. The quantitative estimate of drug-likeness (QED) is 0.182. The molecule has 0 unspecified atom stereocenters. The molecule has 0 fully saturated rings. The Kier molecular flexibility index (Phi) is 24.0. The van der Waals surface area contributed by atoms with Crippen LogP contribution < -0.4 is 0 Å². The lowest BCUT2D eigenvalue weighted by Crippen LogP contribution is -2.32. The molecule has 0 radical (unpaired) electrons. The first-order chi connectivity index (χ1) is 15.6. The third-order valence-electron chi connectivity index (χ3n) is 4.74. The summed E-state index contributed by atoms with van der Waals surface area (Å²) in [6, 6.07) is 0. The van der Waals surface area contributed by atoms with E-state index in [4.69, 9.17) is 23.7 Å². The van der Waals surface area contributed by atoms with Crippen LogP contribution in [0.25, 0.3) is 0 Å². The van der Waals surface area contributed by atoms with Crippen LogP contribution in [-0.4, -0.2) is 102 Å². The number of unbranched alkanes of at least 4 members (excludes halogenated alkanes) is 2. The third kappa shape index (κ3) is 25.4. The molecule has 0 N–H and O–H groups in total. The molecule has 0 heterocycles. The van der Waals surface area contributed by atoms with E-state index in [-0.39, 0.29) is 11.6 Å². The van der Waals surface area contributed by atoms with Crippen LogP contribution in [-0.2, 0) is 33.3 Å². The number of Topliss-reactive ketones (excluding diaryl/α,β-unsaturated/α-hetero) is 2. The van der Waals surface area contributed by atoms with Crippen molar-refractivity contribution in [2.75, 3.05) is 85.7 Å². The van der Waals surface area contributed by atoms with Crippen molar-refractivity contribution in [1.82, 2.24) is 4.90 Å².